The average Bonchev–Trinajstić information content (AvgIpc) is 3.11. The van der Waals surface area contributed by atoms with E-state index in [-0.39, 0.29) is 59.9 Å². The fourth-order valence-electron chi connectivity index (χ4n) is 6.19. The Morgan fingerprint density at radius 2 is 1.57 bits per heavy atom. The number of rotatable bonds is 17. The second kappa shape index (κ2) is 20.8. The van der Waals surface area contributed by atoms with E-state index in [2.05, 4.69) is 28.2 Å². The maximum Gasteiger partial charge on any atom is 0.326 e. The molecule has 0 saturated carbocycles. The van der Waals surface area contributed by atoms with Crippen LogP contribution in [0.1, 0.15) is 95.2 Å². The van der Waals surface area contributed by atoms with E-state index in [1.165, 1.54) is 50.4 Å². The molecule has 15 heteroatoms. The molecule has 9 N–H and O–H groups in total. The molecule has 4 bridgehead atoms. The number of nitrogens with zero attached hydrogens (tertiary/aromatic N) is 1. The predicted octanol–water partition coefficient (Wildman–Crippen LogP) is 2.38. The zero-order chi connectivity index (χ0) is 39.1. The van der Waals surface area contributed by atoms with Crippen molar-refractivity contribution in [1.82, 2.24) is 26.2 Å². The maximum absolute atomic E-state index is 14.2. The second-order valence-electron chi connectivity index (χ2n) is 13.5. The van der Waals surface area contributed by atoms with Crippen LogP contribution in [0.15, 0.2) is 36.4 Å². The molecule has 0 saturated heterocycles. The van der Waals surface area contributed by atoms with Gasteiger partial charge in [0, 0.05) is 44.0 Å². The number of carboxylic acid groups (broad SMARTS) is 1. The van der Waals surface area contributed by atoms with Gasteiger partial charge in [0.1, 0.15) is 35.7 Å². The number of carbonyl (C=O) groups excluding carboxylic acids is 5. The number of carbonyl (C=O) groups is 6. The number of hydrogen-bond acceptors (Lipinski definition) is 9. The van der Waals surface area contributed by atoms with Crippen LogP contribution < -0.4 is 27.0 Å². The molecule has 1 aliphatic heterocycles. The number of nitrogens with one attached hydrogen (secondary N) is 4. The molecule has 4 atom stereocenters. The first kappa shape index (κ1) is 42.2. The topological polar surface area (TPSA) is 240 Å². The first-order valence-corrected chi connectivity index (χ1v) is 18.3. The Hall–Kier alpha value is -5.18. The van der Waals surface area contributed by atoms with Crippen LogP contribution in [-0.4, -0.2) is 94.0 Å². The van der Waals surface area contributed by atoms with E-state index in [0.717, 1.165) is 37.0 Å². The number of nitrogens with two attached hydrogens (primary N) is 1. The van der Waals surface area contributed by atoms with Crippen LogP contribution in [0.4, 0.5) is 0 Å². The summed E-state index contributed by atoms with van der Waals surface area (Å²) in [5, 5.41) is 42.0. The monoisotopic (exact) mass is 738 g/mol. The quantitative estimate of drug-likeness (QED) is 0.110. The van der Waals surface area contributed by atoms with Crippen LogP contribution in [0.3, 0.4) is 0 Å². The number of carboxylic acids is 1. The van der Waals surface area contributed by atoms with E-state index < -0.39 is 53.8 Å². The summed E-state index contributed by atoms with van der Waals surface area (Å²) in [7, 11) is 1.37. The van der Waals surface area contributed by atoms with Crippen molar-refractivity contribution in [3.8, 4) is 22.6 Å². The summed E-state index contributed by atoms with van der Waals surface area (Å²) < 4.78 is 0. The van der Waals surface area contributed by atoms with Crippen molar-refractivity contribution in [3.63, 3.8) is 0 Å². The lowest BCUT2D eigenvalue weighted by molar-refractivity contribution is -0.144. The normalized spacial score (nSPS) is 17.8. The minimum absolute atomic E-state index is 0.0796. The van der Waals surface area contributed by atoms with Crippen LogP contribution in [0.2, 0.25) is 0 Å². The Morgan fingerprint density at radius 3 is 2.25 bits per heavy atom. The summed E-state index contributed by atoms with van der Waals surface area (Å²) in [6, 6.07) is 3.38. The van der Waals surface area contributed by atoms with Crippen molar-refractivity contribution < 1.29 is 44.1 Å². The molecule has 0 aliphatic carbocycles. The molecule has 2 aromatic carbocycles. The number of benzene rings is 2. The van der Waals surface area contributed by atoms with Gasteiger partial charge in [-0.2, -0.15) is 0 Å². The van der Waals surface area contributed by atoms with Crippen LogP contribution in [-0.2, 0) is 35.2 Å². The molecular weight excluding hydrogens is 684 g/mol. The first-order valence-electron chi connectivity index (χ1n) is 18.3. The van der Waals surface area contributed by atoms with Crippen LogP contribution in [0.5, 0.6) is 11.5 Å². The highest BCUT2D eigenvalue weighted by atomic mass is 16.4. The van der Waals surface area contributed by atoms with Gasteiger partial charge in [-0.1, -0.05) is 44.7 Å². The lowest BCUT2D eigenvalue weighted by Gasteiger charge is -2.32. The van der Waals surface area contributed by atoms with Gasteiger partial charge in [0.2, 0.25) is 29.5 Å². The molecule has 15 nitrogen and oxygen atoms in total. The molecule has 290 valence electrons. The fraction of sp³-hybridized carbons (Fsp3) is 0.526. The number of aliphatic carboxylic acids is 1. The molecular formula is C38H54N6O9. The molecule has 0 fully saturated rings. The van der Waals surface area contributed by atoms with Crippen molar-refractivity contribution in [2.45, 2.75) is 109 Å². The van der Waals surface area contributed by atoms with Gasteiger partial charge in [-0.15, -0.1) is 0 Å². The third-order valence-electron chi connectivity index (χ3n) is 9.24. The number of phenols is 2. The van der Waals surface area contributed by atoms with E-state index in [1.54, 1.807) is 0 Å². The Morgan fingerprint density at radius 1 is 0.887 bits per heavy atom. The summed E-state index contributed by atoms with van der Waals surface area (Å²) in [5.41, 5.74) is 6.59. The Labute approximate surface area is 310 Å². The van der Waals surface area contributed by atoms with Gasteiger partial charge >= 0.3 is 5.97 Å². The fourth-order valence-corrected chi connectivity index (χ4v) is 6.19. The van der Waals surface area contributed by atoms with E-state index in [1.807, 2.05) is 0 Å². The summed E-state index contributed by atoms with van der Waals surface area (Å²) in [4.78, 5) is 79.8. The first-order chi connectivity index (χ1) is 25.3. The Balaban J connectivity index is 1.92. The highest BCUT2D eigenvalue weighted by molar-refractivity contribution is 5.96. The molecule has 1 aliphatic rings. The average molecular weight is 739 g/mol. The van der Waals surface area contributed by atoms with Crippen molar-refractivity contribution >= 4 is 35.5 Å². The molecule has 2 aromatic rings. The van der Waals surface area contributed by atoms with Crippen molar-refractivity contribution in [2.24, 2.45) is 5.73 Å². The molecule has 0 radical (unpaired) electrons. The Bertz CT molecular complexity index is 1620. The largest absolute Gasteiger partial charge is 0.507 e. The molecule has 1 heterocycles. The highest BCUT2D eigenvalue weighted by Crippen LogP contribution is 2.38. The van der Waals surface area contributed by atoms with Crippen molar-refractivity contribution in [2.75, 3.05) is 20.1 Å². The third-order valence-corrected chi connectivity index (χ3v) is 9.24. The lowest BCUT2D eigenvalue weighted by atomic mass is 9.93. The number of amides is 5. The minimum atomic E-state index is -1.41. The molecule has 0 aromatic heterocycles. The Kier molecular flexibility index (Phi) is 16.5. The van der Waals surface area contributed by atoms with Gasteiger partial charge < -0.3 is 47.2 Å². The summed E-state index contributed by atoms with van der Waals surface area (Å²) in [6.07, 6.45) is 6.38. The van der Waals surface area contributed by atoms with Crippen molar-refractivity contribution in [3.05, 3.63) is 47.5 Å². The zero-order valence-corrected chi connectivity index (χ0v) is 30.8. The maximum atomic E-state index is 14.2. The molecule has 0 unspecified atom stereocenters. The molecule has 0 spiro atoms. The second-order valence-corrected chi connectivity index (χ2v) is 13.5. The van der Waals surface area contributed by atoms with Gasteiger partial charge in [0.05, 0.1) is 0 Å². The predicted molar refractivity (Wildman–Crippen MR) is 197 cm³/mol. The van der Waals surface area contributed by atoms with Crippen LogP contribution >= 0.6 is 0 Å². The standard InChI is InChI=1S/C38H54N6O9/c1-4-5-6-7-8-12-32(47)40-19-17-33(48)42-28(11-9-10-18-39)37(51)44(3)34-25-14-16-31(46)27(22-25)26-20-24(13-15-30(26)45)21-29(38(52)53)43-35(49)23(2)41-36(34)50/h13-16,20,22-23,28-29,34,45-46H,4-12,17-19,21,39H2,1-3H3,(H,40,47)(H,41,50)(H,42,48)(H,43,49)(H,52,53)/t23-,28-,29-,34-/m0/s1. The number of unbranched alkanes of at least 4 members (excludes halogenated alkanes) is 5. The lowest BCUT2D eigenvalue weighted by Crippen LogP contribution is -2.54. The van der Waals surface area contributed by atoms with Crippen LogP contribution in [0.25, 0.3) is 11.1 Å². The van der Waals surface area contributed by atoms with Gasteiger partial charge in [-0.3, -0.25) is 24.0 Å². The number of fused-ring (bicyclic) bond motifs is 5. The molecule has 5 amide bonds. The smallest absolute Gasteiger partial charge is 0.326 e. The summed E-state index contributed by atoms with van der Waals surface area (Å²) >= 11 is 0. The molecule has 3 rings (SSSR count). The van der Waals surface area contributed by atoms with Gasteiger partial charge in [-0.05, 0) is 74.5 Å². The highest BCUT2D eigenvalue weighted by Gasteiger charge is 2.35. The number of likely N-dealkylation sites (N-methyl/N-ethyl adjacent to an activating group) is 1. The van der Waals surface area contributed by atoms with E-state index in [9.17, 15) is 44.1 Å². The van der Waals surface area contributed by atoms with E-state index in [0.29, 0.717) is 31.4 Å². The summed E-state index contributed by atoms with van der Waals surface area (Å²) in [5.74, 6) is -4.67. The van der Waals surface area contributed by atoms with Gasteiger partial charge in [-0.25, -0.2) is 4.79 Å². The van der Waals surface area contributed by atoms with E-state index >= 15 is 0 Å². The van der Waals surface area contributed by atoms with Gasteiger partial charge in [0.15, 0.2) is 0 Å². The van der Waals surface area contributed by atoms with Gasteiger partial charge in [0.25, 0.3) is 0 Å². The summed E-state index contributed by atoms with van der Waals surface area (Å²) in [6.45, 7) is 3.92. The van der Waals surface area contributed by atoms with Crippen LogP contribution in [0, 0.1) is 0 Å². The molecule has 53 heavy (non-hydrogen) atoms. The minimum Gasteiger partial charge on any atom is -0.507 e. The van der Waals surface area contributed by atoms with Crippen molar-refractivity contribution in [1.29, 1.82) is 0 Å². The number of phenolic OH excluding ortho intramolecular Hbond substituents is 2. The number of hydrogen-bond donors (Lipinski definition) is 8. The SMILES string of the molecule is CCCCCCCC(=O)NCCC(=O)N[C@@H](CCCCN)C(=O)N(C)[C@@H]1C(=O)N[C@@H](C)C(=O)N[C@H](C(=O)O)Cc2ccc(O)c(c2)-c2cc1ccc2O. The zero-order valence-electron chi connectivity index (χ0n) is 30.8. The number of aromatic hydroxyl groups is 2. The third kappa shape index (κ3) is 12.5. The van der Waals surface area contributed by atoms with E-state index in [4.69, 9.17) is 5.73 Å².